The molecule has 0 aliphatic carbocycles. The molecule has 0 atom stereocenters. The summed E-state index contributed by atoms with van der Waals surface area (Å²) in [5, 5.41) is 8.55. The molecule has 0 aromatic rings. The van der Waals surface area contributed by atoms with Gasteiger partial charge in [0.2, 0.25) is 0 Å². The van der Waals surface area contributed by atoms with Gasteiger partial charge in [-0.3, -0.25) is 4.79 Å². The van der Waals surface area contributed by atoms with Crippen molar-refractivity contribution in [3.8, 4) is 6.07 Å². The summed E-state index contributed by atoms with van der Waals surface area (Å²) >= 11 is 1.53. The van der Waals surface area contributed by atoms with Gasteiger partial charge < -0.3 is 0 Å². The van der Waals surface area contributed by atoms with Crippen molar-refractivity contribution >= 4 is 17.5 Å². The standard InChI is InChI=1S/C8H11NOS/c1-4-11-7(3)8(5-9)6(2)10/h4H2,1-3H3. The van der Waals surface area contributed by atoms with Crippen molar-refractivity contribution in [2.24, 2.45) is 0 Å². The maximum absolute atomic E-state index is 10.8. The highest BCUT2D eigenvalue weighted by molar-refractivity contribution is 8.03. The molecule has 0 unspecified atom stereocenters. The van der Waals surface area contributed by atoms with Gasteiger partial charge in [0.05, 0.1) is 0 Å². The Morgan fingerprint density at radius 2 is 2.09 bits per heavy atom. The largest absolute Gasteiger partial charge is 0.294 e. The molecule has 0 fully saturated rings. The Hall–Kier alpha value is -0.750. The number of nitriles is 1. The van der Waals surface area contributed by atoms with E-state index < -0.39 is 0 Å². The van der Waals surface area contributed by atoms with E-state index in [2.05, 4.69) is 0 Å². The van der Waals surface area contributed by atoms with Crippen molar-refractivity contribution in [3.05, 3.63) is 10.5 Å². The van der Waals surface area contributed by atoms with Crippen LogP contribution in [0.3, 0.4) is 0 Å². The summed E-state index contributed by atoms with van der Waals surface area (Å²) in [6.45, 7) is 5.20. The molecule has 0 aromatic carbocycles. The zero-order valence-corrected chi connectivity index (χ0v) is 7.79. The molecule has 0 aliphatic rings. The molecule has 0 aliphatic heterocycles. The smallest absolute Gasteiger partial charge is 0.171 e. The summed E-state index contributed by atoms with van der Waals surface area (Å²) in [7, 11) is 0. The lowest BCUT2D eigenvalue weighted by molar-refractivity contribution is -0.113. The third kappa shape index (κ3) is 3.24. The van der Waals surface area contributed by atoms with Crippen molar-refractivity contribution in [3.63, 3.8) is 0 Å². The SMILES string of the molecule is CCSC(C)=C(C#N)C(C)=O. The Morgan fingerprint density at radius 3 is 2.36 bits per heavy atom. The number of rotatable bonds is 3. The first kappa shape index (κ1) is 10.2. The Kier molecular flexibility index (Phi) is 4.64. The molecule has 0 aromatic heterocycles. The van der Waals surface area contributed by atoms with E-state index in [1.807, 2.05) is 13.0 Å². The van der Waals surface area contributed by atoms with E-state index in [0.29, 0.717) is 0 Å². The molecule has 0 saturated carbocycles. The first-order valence-corrected chi connectivity index (χ1v) is 4.36. The third-order valence-electron chi connectivity index (χ3n) is 1.18. The Bertz CT molecular complexity index is 225. The summed E-state index contributed by atoms with van der Waals surface area (Å²) < 4.78 is 0. The van der Waals surface area contributed by atoms with Crippen molar-refractivity contribution in [2.45, 2.75) is 20.8 Å². The molecule has 2 nitrogen and oxygen atoms in total. The number of nitrogens with zero attached hydrogens (tertiary/aromatic N) is 1. The fourth-order valence-electron chi connectivity index (χ4n) is 0.694. The molecule has 0 radical (unpaired) electrons. The molecule has 0 amide bonds. The Morgan fingerprint density at radius 1 is 1.55 bits per heavy atom. The highest BCUT2D eigenvalue weighted by atomic mass is 32.2. The van der Waals surface area contributed by atoms with Crippen molar-refractivity contribution < 1.29 is 4.79 Å². The summed E-state index contributed by atoms with van der Waals surface area (Å²) in [6, 6.07) is 1.90. The second-order valence-corrected chi connectivity index (χ2v) is 3.51. The van der Waals surface area contributed by atoms with Gasteiger partial charge in [0.1, 0.15) is 11.6 Å². The average Bonchev–Trinajstić information content (AvgIpc) is 1.88. The van der Waals surface area contributed by atoms with Crippen LogP contribution in [0.2, 0.25) is 0 Å². The second kappa shape index (κ2) is 4.97. The Balaban J connectivity index is 4.58. The summed E-state index contributed by atoms with van der Waals surface area (Å²) in [4.78, 5) is 11.6. The number of Topliss-reactive ketones (excluding diaryl/α,β-unsaturated/α-hetero) is 1. The fraction of sp³-hybridized carbons (Fsp3) is 0.500. The van der Waals surface area contributed by atoms with Crippen LogP contribution in [0.5, 0.6) is 0 Å². The number of carbonyl (C=O) groups is 1. The van der Waals surface area contributed by atoms with Crippen LogP contribution in [0.15, 0.2) is 10.5 Å². The lowest BCUT2D eigenvalue weighted by Crippen LogP contribution is -1.95. The topological polar surface area (TPSA) is 40.9 Å². The number of ketones is 1. The van der Waals surface area contributed by atoms with Gasteiger partial charge in [-0.1, -0.05) is 6.92 Å². The van der Waals surface area contributed by atoms with Crippen LogP contribution in [0, 0.1) is 11.3 Å². The molecule has 3 heteroatoms. The quantitative estimate of drug-likeness (QED) is 0.480. The normalized spacial score (nSPS) is 11.8. The number of allylic oxidation sites excluding steroid dienone is 2. The first-order valence-electron chi connectivity index (χ1n) is 3.38. The zero-order chi connectivity index (χ0) is 8.85. The number of hydrogen-bond acceptors (Lipinski definition) is 3. The predicted molar refractivity (Wildman–Crippen MR) is 47.1 cm³/mol. The van der Waals surface area contributed by atoms with E-state index in [0.717, 1.165) is 10.7 Å². The first-order chi connectivity index (χ1) is 5.13. The van der Waals surface area contributed by atoms with Crippen LogP contribution in [-0.2, 0) is 4.79 Å². The molecule has 0 rings (SSSR count). The summed E-state index contributed by atoms with van der Waals surface area (Å²) in [5.74, 6) is 0.746. The van der Waals surface area contributed by atoms with Gasteiger partial charge in [0.25, 0.3) is 0 Å². The van der Waals surface area contributed by atoms with Gasteiger partial charge in [0, 0.05) is 4.91 Å². The van der Waals surface area contributed by atoms with Crippen LogP contribution in [0.1, 0.15) is 20.8 Å². The fourth-order valence-corrected chi connectivity index (χ4v) is 1.46. The van der Waals surface area contributed by atoms with Crippen molar-refractivity contribution in [1.82, 2.24) is 0 Å². The summed E-state index contributed by atoms with van der Waals surface area (Å²) in [5.41, 5.74) is 0.289. The minimum absolute atomic E-state index is 0.147. The molecule has 0 N–H and O–H groups in total. The van der Waals surface area contributed by atoms with Crippen LogP contribution >= 0.6 is 11.8 Å². The zero-order valence-electron chi connectivity index (χ0n) is 6.97. The van der Waals surface area contributed by atoms with Gasteiger partial charge >= 0.3 is 0 Å². The van der Waals surface area contributed by atoms with Gasteiger partial charge in [0.15, 0.2) is 5.78 Å². The number of hydrogen-bond donors (Lipinski definition) is 0. The minimum Gasteiger partial charge on any atom is -0.294 e. The maximum Gasteiger partial charge on any atom is 0.171 e. The Labute approximate surface area is 71.3 Å². The van der Waals surface area contributed by atoms with E-state index in [1.54, 1.807) is 6.92 Å². The molecule has 60 valence electrons. The summed E-state index contributed by atoms with van der Waals surface area (Å²) in [6.07, 6.45) is 0. The molecular formula is C8H11NOS. The van der Waals surface area contributed by atoms with Crippen LogP contribution < -0.4 is 0 Å². The van der Waals surface area contributed by atoms with Crippen LogP contribution in [0.4, 0.5) is 0 Å². The molecule has 0 spiro atoms. The van der Waals surface area contributed by atoms with E-state index >= 15 is 0 Å². The van der Waals surface area contributed by atoms with Gasteiger partial charge in [-0.05, 0) is 19.6 Å². The van der Waals surface area contributed by atoms with Crippen molar-refractivity contribution in [2.75, 3.05) is 5.75 Å². The van der Waals surface area contributed by atoms with Crippen LogP contribution in [0.25, 0.3) is 0 Å². The van der Waals surface area contributed by atoms with Crippen molar-refractivity contribution in [1.29, 1.82) is 5.26 Å². The number of thioether (sulfide) groups is 1. The lowest BCUT2D eigenvalue weighted by atomic mass is 10.2. The third-order valence-corrected chi connectivity index (χ3v) is 2.10. The molecule has 0 heterocycles. The highest BCUT2D eigenvalue weighted by Gasteiger charge is 2.06. The van der Waals surface area contributed by atoms with Crippen LogP contribution in [-0.4, -0.2) is 11.5 Å². The predicted octanol–water partition coefficient (Wildman–Crippen LogP) is 2.13. The average molecular weight is 169 g/mol. The minimum atomic E-state index is -0.147. The monoisotopic (exact) mass is 169 g/mol. The maximum atomic E-state index is 10.8. The highest BCUT2D eigenvalue weighted by Crippen LogP contribution is 2.18. The lowest BCUT2D eigenvalue weighted by Gasteiger charge is -1.98. The second-order valence-electron chi connectivity index (χ2n) is 2.03. The molecular weight excluding hydrogens is 158 g/mol. The number of carbonyl (C=O) groups excluding carboxylic acids is 1. The van der Waals surface area contributed by atoms with E-state index in [9.17, 15) is 4.79 Å². The molecule has 0 saturated heterocycles. The van der Waals surface area contributed by atoms with Gasteiger partial charge in [-0.2, -0.15) is 5.26 Å². The van der Waals surface area contributed by atoms with E-state index in [-0.39, 0.29) is 11.4 Å². The van der Waals surface area contributed by atoms with Gasteiger partial charge in [-0.15, -0.1) is 11.8 Å². The molecule has 0 bridgehead atoms. The van der Waals surface area contributed by atoms with Gasteiger partial charge in [-0.25, -0.2) is 0 Å². The van der Waals surface area contributed by atoms with E-state index in [4.69, 9.17) is 5.26 Å². The molecule has 11 heavy (non-hydrogen) atoms. The van der Waals surface area contributed by atoms with E-state index in [1.165, 1.54) is 18.7 Å².